The van der Waals surface area contributed by atoms with E-state index in [4.69, 9.17) is 9.47 Å². The van der Waals surface area contributed by atoms with Crippen LogP contribution in [0.2, 0.25) is 0 Å². The number of hydrogen-bond donors (Lipinski definition) is 1. The molecule has 2 aromatic carbocycles. The van der Waals surface area contributed by atoms with Crippen molar-refractivity contribution in [3.05, 3.63) is 59.2 Å². The normalized spacial score (nSPS) is 34.1. The standard InChI is InChI=1S/C29H35NO3/c31-23-13-12-22-18-24-29(32-17-5-8-20-6-2-1-3-7-20)14-4-9-25-28(29,26(22)27(23)33-25)15-16-30(24)19-21-10-11-21/h1-3,6-7,12-13,21,24-25,31H,4-5,8-11,14-19H2/t24-,25+,28-,29-/m1/s1. The number of likely N-dealkylation sites (tertiary alicyclic amines) is 1. The minimum Gasteiger partial charge on any atom is -0.504 e. The Balaban J connectivity index is 1.26. The van der Waals surface area contributed by atoms with Crippen molar-refractivity contribution in [3.8, 4) is 11.5 Å². The molecule has 174 valence electrons. The number of nitrogens with zero attached hydrogens (tertiary/aromatic N) is 1. The molecular formula is C29H35NO3. The van der Waals surface area contributed by atoms with Crippen LogP contribution in [-0.2, 0) is 23.0 Å². The first-order valence-corrected chi connectivity index (χ1v) is 13.2. The molecule has 1 spiro atoms. The highest BCUT2D eigenvalue weighted by atomic mass is 16.5. The van der Waals surface area contributed by atoms with Gasteiger partial charge in [-0.2, -0.15) is 0 Å². The van der Waals surface area contributed by atoms with E-state index in [9.17, 15) is 5.11 Å². The molecule has 4 nitrogen and oxygen atoms in total. The predicted octanol–water partition coefficient (Wildman–Crippen LogP) is 5.00. The second-order valence-electron chi connectivity index (χ2n) is 11.2. The Morgan fingerprint density at radius 3 is 2.79 bits per heavy atom. The molecule has 3 aliphatic carbocycles. The maximum atomic E-state index is 10.7. The fraction of sp³-hybridized carbons (Fsp3) is 0.586. The fourth-order valence-corrected chi connectivity index (χ4v) is 7.91. The SMILES string of the molecule is Oc1ccc2c3c1O[C@H]1CCC[C@@]4(OCCCc5ccccc5)[C@@H](C2)N(CC2CC2)CC[C@]314. The number of ether oxygens (including phenoxy) is 2. The van der Waals surface area contributed by atoms with Gasteiger partial charge in [0.05, 0.1) is 11.0 Å². The highest BCUT2D eigenvalue weighted by Gasteiger charge is 2.72. The zero-order valence-corrected chi connectivity index (χ0v) is 19.5. The maximum Gasteiger partial charge on any atom is 0.165 e. The first-order chi connectivity index (χ1) is 16.2. The van der Waals surface area contributed by atoms with Crippen molar-refractivity contribution in [1.82, 2.24) is 4.90 Å². The van der Waals surface area contributed by atoms with Gasteiger partial charge in [-0.05, 0) is 87.4 Å². The van der Waals surface area contributed by atoms with Crippen molar-refractivity contribution < 1.29 is 14.6 Å². The molecular weight excluding hydrogens is 410 g/mol. The molecule has 2 aromatic rings. The number of aryl methyl sites for hydroxylation is 1. The van der Waals surface area contributed by atoms with Crippen LogP contribution in [0.3, 0.4) is 0 Å². The number of hydrogen-bond acceptors (Lipinski definition) is 4. The minimum absolute atomic E-state index is 0.107. The molecule has 4 atom stereocenters. The zero-order chi connectivity index (χ0) is 22.0. The molecule has 1 N–H and O–H groups in total. The summed E-state index contributed by atoms with van der Waals surface area (Å²) in [6, 6.07) is 15.2. The van der Waals surface area contributed by atoms with Gasteiger partial charge in [0.2, 0.25) is 0 Å². The van der Waals surface area contributed by atoms with Crippen LogP contribution in [0.1, 0.15) is 61.6 Å². The van der Waals surface area contributed by atoms with Crippen molar-refractivity contribution in [2.45, 2.75) is 80.9 Å². The molecule has 33 heavy (non-hydrogen) atoms. The Morgan fingerprint density at radius 1 is 1.06 bits per heavy atom. The average molecular weight is 446 g/mol. The van der Waals surface area contributed by atoms with Crippen molar-refractivity contribution in [2.24, 2.45) is 5.92 Å². The lowest BCUT2D eigenvalue weighted by Gasteiger charge is -2.65. The quantitative estimate of drug-likeness (QED) is 0.609. The van der Waals surface area contributed by atoms with E-state index in [1.165, 1.54) is 36.1 Å². The Morgan fingerprint density at radius 2 is 1.94 bits per heavy atom. The van der Waals surface area contributed by atoms with E-state index in [-0.39, 0.29) is 17.1 Å². The van der Waals surface area contributed by atoms with E-state index >= 15 is 0 Å². The second kappa shape index (κ2) is 7.48. The molecule has 5 aliphatic rings. The van der Waals surface area contributed by atoms with E-state index in [0.29, 0.717) is 11.8 Å². The number of benzene rings is 2. The third kappa shape index (κ3) is 2.89. The van der Waals surface area contributed by atoms with Crippen molar-refractivity contribution in [1.29, 1.82) is 0 Å². The molecule has 2 saturated carbocycles. The van der Waals surface area contributed by atoms with Crippen molar-refractivity contribution in [2.75, 3.05) is 19.7 Å². The van der Waals surface area contributed by atoms with Crippen LogP contribution in [0.5, 0.6) is 11.5 Å². The number of phenols is 1. The summed E-state index contributed by atoms with van der Waals surface area (Å²) in [6.07, 6.45) is 10.4. The lowest BCUT2D eigenvalue weighted by Crippen LogP contribution is -2.76. The summed E-state index contributed by atoms with van der Waals surface area (Å²) in [5.41, 5.74) is 3.77. The topological polar surface area (TPSA) is 41.9 Å². The van der Waals surface area contributed by atoms with Crippen LogP contribution in [0.4, 0.5) is 0 Å². The summed E-state index contributed by atoms with van der Waals surface area (Å²) >= 11 is 0. The van der Waals surface area contributed by atoms with Gasteiger partial charge in [0.25, 0.3) is 0 Å². The molecule has 3 fully saturated rings. The van der Waals surface area contributed by atoms with Crippen LogP contribution in [-0.4, -0.2) is 47.4 Å². The minimum atomic E-state index is -0.203. The maximum absolute atomic E-state index is 10.7. The highest BCUT2D eigenvalue weighted by Crippen LogP contribution is 2.66. The smallest absolute Gasteiger partial charge is 0.165 e. The van der Waals surface area contributed by atoms with Gasteiger partial charge in [-0.15, -0.1) is 0 Å². The van der Waals surface area contributed by atoms with Crippen LogP contribution in [0.15, 0.2) is 42.5 Å². The van der Waals surface area contributed by atoms with E-state index < -0.39 is 0 Å². The van der Waals surface area contributed by atoms with E-state index in [1.807, 2.05) is 6.07 Å². The molecule has 4 heteroatoms. The van der Waals surface area contributed by atoms with Gasteiger partial charge in [-0.25, -0.2) is 0 Å². The second-order valence-corrected chi connectivity index (χ2v) is 11.2. The molecule has 1 saturated heterocycles. The fourth-order valence-electron chi connectivity index (χ4n) is 7.91. The zero-order valence-electron chi connectivity index (χ0n) is 19.5. The van der Waals surface area contributed by atoms with E-state index in [0.717, 1.165) is 69.8 Å². The van der Waals surface area contributed by atoms with Crippen LogP contribution in [0, 0.1) is 5.92 Å². The number of rotatable bonds is 7. The van der Waals surface area contributed by atoms with Crippen molar-refractivity contribution in [3.63, 3.8) is 0 Å². The number of piperidine rings is 1. The predicted molar refractivity (Wildman–Crippen MR) is 128 cm³/mol. The highest BCUT2D eigenvalue weighted by molar-refractivity contribution is 5.62. The van der Waals surface area contributed by atoms with Gasteiger partial charge < -0.3 is 14.6 Å². The largest absolute Gasteiger partial charge is 0.504 e. The Labute approximate surface area is 196 Å². The summed E-state index contributed by atoms with van der Waals surface area (Å²) < 4.78 is 13.8. The molecule has 2 heterocycles. The molecule has 0 aromatic heterocycles. The molecule has 0 radical (unpaired) electrons. The Bertz CT molecular complexity index is 1050. The van der Waals surface area contributed by atoms with Gasteiger partial charge in [-0.1, -0.05) is 36.4 Å². The Kier molecular flexibility index (Phi) is 4.61. The molecule has 0 unspecified atom stereocenters. The van der Waals surface area contributed by atoms with Gasteiger partial charge in [0.15, 0.2) is 11.5 Å². The lowest BCUT2D eigenvalue weighted by molar-refractivity contribution is -0.216. The summed E-state index contributed by atoms with van der Waals surface area (Å²) in [4.78, 5) is 2.79. The molecule has 0 amide bonds. The van der Waals surface area contributed by atoms with Gasteiger partial charge in [-0.3, -0.25) is 4.90 Å². The Hall–Kier alpha value is -2.04. The van der Waals surface area contributed by atoms with Crippen molar-refractivity contribution >= 4 is 0 Å². The van der Waals surface area contributed by atoms with Crippen LogP contribution < -0.4 is 4.74 Å². The van der Waals surface area contributed by atoms with E-state index in [2.05, 4.69) is 41.3 Å². The summed E-state index contributed by atoms with van der Waals surface area (Å²) in [5.74, 6) is 1.96. The summed E-state index contributed by atoms with van der Waals surface area (Å²) in [5, 5.41) is 10.7. The first-order valence-electron chi connectivity index (χ1n) is 13.2. The van der Waals surface area contributed by atoms with Gasteiger partial charge >= 0.3 is 0 Å². The van der Waals surface area contributed by atoms with Crippen LogP contribution >= 0.6 is 0 Å². The third-order valence-corrected chi connectivity index (χ3v) is 9.44. The summed E-state index contributed by atoms with van der Waals surface area (Å²) in [7, 11) is 0. The van der Waals surface area contributed by atoms with Gasteiger partial charge in [0.1, 0.15) is 6.10 Å². The van der Waals surface area contributed by atoms with E-state index in [1.54, 1.807) is 0 Å². The van der Waals surface area contributed by atoms with Gasteiger partial charge in [0, 0.05) is 24.8 Å². The number of phenolic OH excluding ortho intramolecular Hbond substituents is 1. The van der Waals surface area contributed by atoms with Crippen LogP contribution in [0.25, 0.3) is 0 Å². The average Bonchev–Trinajstić information content (AvgIpc) is 3.58. The summed E-state index contributed by atoms with van der Waals surface area (Å²) in [6.45, 7) is 3.15. The molecule has 2 bridgehead atoms. The monoisotopic (exact) mass is 445 g/mol. The molecule has 2 aliphatic heterocycles. The third-order valence-electron chi connectivity index (χ3n) is 9.44. The number of aromatic hydroxyl groups is 1. The molecule has 7 rings (SSSR count). The first kappa shape index (κ1) is 20.3. The lowest BCUT2D eigenvalue weighted by atomic mass is 9.49.